The van der Waals surface area contributed by atoms with Crippen LogP contribution in [0.25, 0.3) is 0 Å². The average Bonchev–Trinajstić information content (AvgIpc) is 2.13. The molecule has 0 saturated heterocycles. The minimum Gasteiger partial charge on any atom is -0.480 e. The minimum atomic E-state index is -3.20. The van der Waals surface area contributed by atoms with E-state index in [0.717, 1.165) is 0 Å². The molecule has 0 saturated carbocycles. The summed E-state index contributed by atoms with van der Waals surface area (Å²) in [5.74, 6) is -0.729. The van der Waals surface area contributed by atoms with E-state index in [1.165, 1.54) is 0 Å². The zero-order chi connectivity index (χ0) is 14.6. The van der Waals surface area contributed by atoms with Gasteiger partial charge in [-0.05, 0) is 33.1 Å². The fraction of sp³-hybridized carbons (Fsp3) is 0.917. The Bertz CT molecular complexity index is 368. The molecule has 0 spiro atoms. The molecule has 0 amide bonds. The first-order valence-corrected chi connectivity index (χ1v) is 7.81. The molecule has 0 aromatic rings. The van der Waals surface area contributed by atoms with Gasteiger partial charge in [-0.25, -0.2) is 8.42 Å². The molecule has 0 aliphatic heterocycles. The van der Waals surface area contributed by atoms with E-state index in [0.29, 0.717) is 6.42 Å². The van der Waals surface area contributed by atoms with E-state index in [1.54, 1.807) is 20.8 Å². The number of hydrogen-bond acceptors (Lipinski definition) is 4. The lowest BCUT2D eigenvalue weighted by Gasteiger charge is -2.21. The number of carbonyl (C=O) groups is 1. The monoisotopic (exact) mass is 279 g/mol. The van der Waals surface area contributed by atoms with Crippen LogP contribution in [0.1, 0.15) is 41.0 Å². The SMILES string of the molecule is CC(C)CC(NCCS(=O)(=O)C(C)(C)C)C(=O)O. The maximum atomic E-state index is 11.8. The molecule has 0 aliphatic rings. The highest BCUT2D eigenvalue weighted by atomic mass is 32.2. The van der Waals surface area contributed by atoms with E-state index in [2.05, 4.69) is 5.32 Å². The molecule has 108 valence electrons. The molecule has 0 rings (SSSR count). The highest BCUT2D eigenvalue weighted by Gasteiger charge is 2.29. The predicted molar refractivity (Wildman–Crippen MR) is 72.4 cm³/mol. The summed E-state index contributed by atoms with van der Waals surface area (Å²) in [4.78, 5) is 11.0. The van der Waals surface area contributed by atoms with Gasteiger partial charge in [-0.15, -0.1) is 0 Å². The van der Waals surface area contributed by atoms with Crippen molar-refractivity contribution in [3.8, 4) is 0 Å². The number of sulfone groups is 1. The Morgan fingerprint density at radius 3 is 2.11 bits per heavy atom. The molecule has 2 N–H and O–H groups in total. The molecule has 6 heteroatoms. The van der Waals surface area contributed by atoms with Gasteiger partial charge in [0.1, 0.15) is 6.04 Å². The molecule has 0 radical (unpaired) electrons. The van der Waals surface area contributed by atoms with Crippen LogP contribution in [0.3, 0.4) is 0 Å². The van der Waals surface area contributed by atoms with Crippen LogP contribution in [0.15, 0.2) is 0 Å². The van der Waals surface area contributed by atoms with E-state index in [-0.39, 0.29) is 18.2 Å². The smallest absolute Gasteiger partial charge is 0.320 e. The summed E-state index contributed by atoms with van der Waals surface area (Å²) in [5.41, 5.74) is 0. The van der Waals surface area contributed by atoms with Gasteiger partial charge in [-0.2, -0.15) is 0 Å². The van der Waals surface area contributed by atoms with Crippen molar-refractivity contribution in [1.82, 2.24) is 5.32 Å². The summed E-state index contributed by atoms with van der Waals surface area (Å²) in [6.07, 6.45) is 0.491. The first-order chi connectivity index (χ1) is 7.97. The molecular weight excluding hydrogens is 254 g/mol. The average molecular weight is 279 g/mol. The van der Waals surface area contributed by atoms with Gasteiger partial charge in [0, 0.05) is 6.54 Å². The highest BCUT2D eigenvalue weighted by molar-refractivity contribution is 7.92. The van der Waals surface area contributed by atoms with Crippen LogP contribution in [0, 0.1) is 5.92 Å². The van der Waals surface area contributed by atoms with Gasteiger partial charge < -0.3 is 10.4 Å². The van der Waals surface area contributed by atoms with Crippen LogP contribution >= 0.6 is 0 Å². The van der Waals surface area contributed by atoms with Crippen molar-refractivity contribution in [1.29, 1.82) is 0 Å². The van der Waals surface area contributed by atoms with Crippen molar-refractivity contribution in [3.05, 3.63) is 0 Å². The van der Waals surface area contributed by atoms with Crippen molar-refractivity contribution < 1.29 is 18.3 Å². The number of hydrogen-bond donors (Lipinski definition) is 2. The maximum Gasteiger partial charge on any atom is 0.320 e. The van der Waals surface area contributed by atoms with Crippen LogP contribution in [0.2, 0.25) is 0 Å². The second-order valence-electron chi connectivity index (χ2n) is 5.91. The predicted octanol–water partition coefficient (Wildman–Crippen LogP) is 1.29. The molecule has 0 fully saturated rings. The third-order valence-electron chi connectivity index (χ3n) is 2.70. The van der Waals surface area contributed by atoms with E-state index in [1.807, 2.05) is 13.8 Å². The van der Waals surface area contributed by atoms with Gasteiger partial charge in [0.15, 0.2) is 9.84 Å². The number of carboxylic acids is 1. The van der Waals surface area contributed by atoms with Gasteiger partial charge in [0.25, 0.3) is 0 Å². The third kappa shape index (κ3) is 5.82. The minimum absolute atomic E-state index is 0.0433. The van der Waals surface area contributed by atoms with Crippen molar-refractivity contribution in [2.45, 2.75) is 51.8 Å². The summed E-state index contributed by atoms with van der Waals surface area (Å²) >= 11 is 0. The summed E-state index contributed by atoms with van der Waals surface area (Å²) in [7, 11) is -3.20. The van der Waals surface area contributed by atoms with Crippen molar-refractivity contribution in [3.63, 3.8) is 0 Å². The number of carboxylic acid groups (broad SMARTS) is 1. The molecule has 1 unspecified atom stereocenters. The van der Waals surface area contributed by atoms with Crippen LogP contribution in [0.4, 0.5) is 0 Å². The second-order valence-corrected chi connectivity index (χ2v) is 8.77. The van der Waals surface area contributed by atoms with Crippen LogP contribution in [-0.4, -0.2) is 42.6 Å². The van der Waals surface area contributed by atoms with Crippen LogP contribution < -0.4 is 5.32 Å². The topological polar surface area (TPSA) is 83.5 Å². The lowest BCUT2D eigenvalue weighted by Crippen LogP contribution is -2.42. The summed E-state index contributed by atoms with van der Waals surface area (Å²) in [5, 5.41) is 11.8. The summed E-state index contributed by atoms with van der Waals surface area (Å²) < 4.78 is 22.9. The van der Waals surface area contributed by atoms with Gasteiger partial charge in [-0.3, -0.25) is 4.79 Å². The Hall–Kier alpha value is -0.620. The van der Waals surface area contributed by atoms with Gasteiger partial charge in [-0.1, -0.05) is 13.8 Å². The van der Waals surface area contributed by atoms with E-state index in [9.17, 15) is 13.2 Å². The second kappa shape index (κ2) is 6.52. The zero-order valence-corrected chi connectivity index (χ0v) is 12.7. The lowest BCUT2D eigenvalue weighted by atomic mass is 10.0. The fourth-order valence-corrected chi connectivity index (χ4v) is 2.42. The first kappa shape index (κ1) is 17.4. The Balaban J connectivity index is 4.36. The van der Waals surface area contributed by atoms with E-state index >= 15 is 0 Å². The molecule has 0 bridgehead atoms. The normalized spacial score (nSPS) is 14.8. The van der Waals surface area contributed by atoms with Crippen LogP contribution in [-0.2, 0) is 14.6 Å². The quantitative estimate of drug-likeness (QED) is 0.733. The zero-order valence-electron chi connectivity index (χ0n) is 11.9. The molecule has 0 heterocycles. The molecule has 1 atom stereocenters. The molecule has 0 aromatic carbocycles. The first-order valence-electron chi connectivity index (χ1n) is 6.16. The largest absolute Gasteiger partial charge is 0.480 e. The van der Waals surface area contributed by atoms with Crippen molar-refractivity contribution in [2.75, 3.05) is 12.3 Å². The summed E-state index contributed by atoms with van der Waals surface area (Å²) in [6, 6.07) is -0.680. The lowest BCUT2D eigenvalue weighted by molar-refractivity contribution is -0.139. The highest BCUT2D eigenvalue weighted by Crippen LogP contribution is 2.15. The number of nitrogens with one attached hydrogen (secondary N) is 1. The van der Waals surface area contributed by atoms with E-state index in [4.69, 9.17) is 5.11 Å². The van der Waals surface area contributed by atoms with Crippen LogP contribution in [0.5, 0.6) is 0 Å². The molecule has 5 nitrogen and oxygen atoms in total. The third-order valence-corrected chi connectivity index (χ3v) is 5.31. The Kier molecular flexibility index (Phi) is 6.29. The van der Waals surface area contributed by atoms with Gasteiger partial charge in [0.2, 0.25) is 0 Å². The molecule has 0 aromatic heterocycles. The van der Waals surface area contributed by atoms with Crippen molar-refractivity contribution >= 4 is 15.8 Å². The molecule has 18 heavy (non-hydrogen) atoms. The van der Waals surface area contributed by atoms with E-state index < -0.39 is 26.6 Å². The number of aliphatic carboxylic acids is 1. The van der Waals surface area contributed by atoms with Crippen molar-refractivity contribution in [2.24, 2.45) is 5.92 Å². The summed E-state index contributed by atoms with van der Waals surface area (Å²) in [6.45, 7) is 8.97. The maximum absolute atomic E-state index is 11.8. The Labute approximate surface area is 110 Å². The Morgan fingerprint density at radius 2 is 1.78 bits per heavy atom. The molecule has 0 aliphatic carbocycles. The van der Waals surface area contributed by atoms with Gasteiger partial charge in [0.05, 0.1) is 10.5 Å². The fourth-order valence-electron chi connectivity index (χ4n) is 1.42. The standard InChI is InChI=1S/C12H25NO4S/c1-9(2)8-10(11(14)15)13-6-7-18(16,17)12(3,4)5/h9-10,13H,6-8H2,1-5H3,(H,14,15). The number of rotatable bonds is 7. The van der Waals surface area contributed by atoms with Gasteiger partial charge >= 0.3 is 5.97 Å². The Morgan fingerprint density at radius 1 is 1.28 bits per heavy atom. The molecular formula is C12H25NO4S.